The third kappa shape index (κ3) is 2.59. The number of H-pyrrole nitrogens is 1. The summed E-state index contributed by atoms with van der Waals surface area (Å²) < 4.78 is 5.18. The van der Waals surface area contributed by atoms with Crippen LogP contribution in [0.4, 0.5) is 0 Å². The van der Waals surface area contributed by atoms with Gasteiger partial charge in [-0.2, -0.15) is 5.10 Å². The maximum atomic E-state index is 12.0. The summed E-state index contributed by atoms with van der Waals surface area (Å²) in [5.74, 6) is -1.20. The number of hydrogen-bond acceptors (Lipinski definition) is 5. The van der Waals surface area contributed by atoms with Crippen molar-refractivity contribution < 1.29 is 19.4 Å². The number of nitrogens with one attached hydrogen (secondary N) is 1. The van der Waals surface area contributed by atoms with Gasteiger partial charge in [-0.1, -0.05) is 0 Å². The number of carboxylic acids is 1. The zero-order valence-corrected chi connectivity index (χ0v) is 9.00. The number of morpholine rings is 1. The van der Waals surface area contributed by atoms with E-state index < -0.39 is 12.0 Å². The number of ether oxygens (including phenoxy) is 1. The molecule has 8 nitrogen and oxygen atoms in total. The van der Waals surface area contributed by atoms with E-state index in [4.69, 9.17) is 9.84 Å². The van der Waals surface area contributed by atoms with E-state index in [0.717, 1.165) is 0 Å². The summed E-state index contributed by atoms with van der Waals surface area (Å²) in [7, 11) is 0. The predicted octanol–water partition coefficient (Wildman–Crippen LogP) is -0.880. The number of aromatic nitrogens is 3. The zero-order valence-electron chi connectivity index (χ0n) is 9.00. The Labute approximate surface area is 96.6 Å². The van der Waals surface area contributed by atoms with E-state index in [9.17, 15) is 9.59 Å². The molecule has 1 saturated heterocycles. The molecule has 2 rings (SSSR count). The number of carbonyl (C=O) groups is 2. The van der Waals surface area contributed by atoms with Gasteiger partial charge in [0.2, 0.25) is 5.82 Å². The molecule has 1 aliphatic heterocycles. The summed E-state index contributed by atoms with van der Waals surface area (Å²) in [6.45, 7) is 0.986. The van der Waals surface area contributed by atoms with Gasteiger partial charge in [-0.15, -0.1) is 0 Å². The summed E-state index contributed by atoms with van der Waals surface area (Å²) in [5, 5.41) is 14.8. The number of rotatable bonds is 3. The molecule has 1 aromatic rings. The van der Waals surface area contributed by atoms with Crippen LogP contribution in [0.5, 0.6) is 0 Å². The molecule has 1 aliphatic rings. The van der Waals surface area contributed by atoms with Crippen molar-refractivity contribution in [1.82, 2.24) is 20.1 Å². The minimum atomic E-state index is -0.962. The first-order valence-corrected chi connectivity index (χ1v) is 5.14. The Balaban J connectivity index is 2.10. The molecule has 1 unspecified atom stereocenters. The first kappa shape index (κ1) is 11.5. The molecule has 0 aliphatic carbocycles. The molecular weight excluding hydrogens is 228 g/mol. The molecule has 1 aromatic heterocycles. The lowest BCUT2D eigenvalue weighted by Gasteiger charge is -2.34. The highest BCUT2D eigenvalue weighted by atomic mass is 16.5. The molecule has 2 N–H and O–H groups in total. The highest BCUT2D eigenvalue weighted by Crippen LogP contribution is 2.13. The monoisotopic (exact) mass is 240 g/mol. The summed E-state index contributed by atoms with van der Waals surface area (Å²) in [5.41, 5.74) is 0. The van der Waals surface area contributed by atoms with Crippen LogP contribution in [0.15, 0.2) is 6.33 Å². The van der Waals surface area contributed by atoms with Crippen molar-refractivity contribution in [2.24, 2.45) is 0 Å². The van der Waals surface area contributed by atoms with Crippen molar-refractivity contribution in [1.29, 1.82) is 0 Å². The SMILES string of the molecule is O=C(O)CC1COCCN1C(=O)c1ncn[nH]1. The van der Waals surface area contributed by atoms with Gasteiger partial charge in [-0.3, -0.25) is 14.7 Å². The van der Waals surface area contributed by atoms with Crippen molar-refractivity contribution in [2.75, 3.05) is 19.8 Å². The van der Waals surface area contributed by atoms with Gasteiger partial charge in [0, 0.05) is 6.54 Å². The van der Waals surface area contributed by atoms with Gasteiger partial charge in [-0.25, -0.2) is 4.98 Å². The molecular formula is C9H12N4O4. The molecule has 0 bridgehead atoms. The zero-order chi connectivity index (χ0) is 12.3. The fourth-order valence-electron chi connectivity index (χ4n) is 1.74. The largest absolute Gasteiger partial charge is 0.481 e. The summed E-state index contributed by atoms with van der Waals surface area (Å²) in [6, 6.07) is -0.459. The molecule has 92 valence electrons. The first-order valence-electron chi connectivity index (χ1n) is 5.14. The Kier molecular flexibility index (Phi) is 3.33. The van der Waals surface area contributed by atoms with E-state index >= 15 is 0 Å². The van der Waals surface area contributed by atoms with E-state index in [1.165, 1.54) is 11.2 Å². The third-order valence-corrected chi connectivity index (χ3v) is 2.52. The van der Waals surface area contributed by atoms with Gasteiger partial charge in [0.05, 0.1) is 25.7 Å². The van der Waals surface area contributed by atoms with E-state index in [0.29, 0.717) is 13.2 Å². The number of amides is 1. The molecule has 1 fully saturated rings. The predicted molar refractivity (Wildman–Crippen MR) is 54.3 cm³/mol. The molecule has 1 amide bonds. The molecule has 2 heterocycles. The fraction of sp³-hybridized carbons (Fsp3) is 0.556. The normalized spacial score (nSPS) is 20.2. The standard InChI is InChI=1S/C9H12N4O4/c14-7(15)3-6-4-17-2-1-13(6)9(16)8-10-5-11-12-8/h5-6H,1-4H2,(H,14,15)(H,10,11,12). The highest BCUT2D eigenvalue weighted by molar-refractivity contribution is 5.90. The summed E-state index contributed by atoms with van der Waals surface area (Å²) in [6.07, 6.45) is 1.10. The van der Waals surface area contributed by atoms with Gasteiger partial charge in [-0.05, 0) is 0 Å². The van der Waals surface area contributed by atoms with Crippen LogP contribution in [0, 0.1) is 0 Å². The van der Waals surface area contributed by atoms with Gasteiger partial charge in [0.1, 0.15) is 6.33 Å². The summed E-state index contributed by atoms with van der Waals surface area (Å²) in [4.78, 5) is 27.9. The first-order chi connectivity index (χ1) is 8.18. The lowest BCUT2D eigenvalue weighted by atomic mass is 10.1. The number of aliphatic carboxylic acids is 1. The van der Waals surface area contributed by atoms with E-state index in [-0.39, 0.29) is 24.8 Å². The molecule has 0 radical (unpaired) electrons. The number of aromatic amines is 1. The molecule has 0 aromatic carbocycles. The van der Waals surface area contributed by atoms with Crippen molar-refractivity contribution >= 4 is 11.9 Å². The smallest absolute Gasteiger partial charge is 0.305 e. The third-order valence-electron chi connectivity index (χ3n) is 2.52. The molecule has 0 spiro atoms. The number of nitrogens with zero attached hydrogens (tertiary/aromatic N) is 3. The van der Waals surface area contributed by atoms with E-state index in [1.807, 2.05) is 0 Å². The number of carboxylic acid groups (broad SMARTS) is 1. The van der Waals surface area contributed by atoms with Crippen LogP contribution in [0.2, 0.25) is 0 Å². The lowest BCUT2D eigenvalue weighted by molar-refractivity contribution is -0.139. The fourth-order valence-corrected chi connectivity index (χ4v) is 1.74. The molecule has 0 saturated carbocycles. The van der Waals surface area contributed by atoms with Crippen LogP contribution in [0.3, 0.4) is 0 Å². The van der Waals surface area contributed by atoms with Crippen LogP contribution >= 0.6 is 0 Å². The second-order valence-corrected chi connectivity index (χ2v) is 3.66. The lowest BCUT2D eigenvalue weighted by Crippen LogP contribution is -2.49. The minimum absolute atomic E-state index is 0.113. The van der Waals surface area contributed by atoms with Gasteiger partial charge < -0.3 is 14.7 Å². The topological polar surface area (TPSA) is 108 Å². The average molecular weight is 240 g/mol. The summed E-state index contributed by atoms with van der Waals surface area (Å²) >= 11 is 0. The van der Waals surface area contributed by atoms with Crippen LogP contribution < -0.4 is 0 Å². The molecule has 8 heteroatoms. The van der Waals surface area contributed by atoms with Crippen molar-refractivity contribution in [2.45, 2.75) is 12.5 Å². The van der Waals surface area contributed by atoms with Crippen molar-refractivity contribution in [3.63, 3.8) is 0 Å². The maximum absolute atomic E-state index is 12.0. The van der Waals surface area contributed by atoms with Crippen LogP contribution in [-0.4, -0.2) is 62.9 Å². The minimum Gasteiger partial charge on any atom is -0.481 e. The Morgan fingerprint density at radius 3 is 3.12 bits per heavy atom. The quantitative estimate of drug-likeness (QED) is 0.710. The van der Waals surface area contributed by atoms with Crippen molar-refractivity contribution in [3.8, 4) is 0 Å². The maximum Gasteiger partial charge on any atom is 0.305 e. The van der Waals surface area contributed by atoms with Crippen molar-refractivity contribution in [3.05, 3.63) is 12.2 Å². The average Bonchev–Trinajstić information content (AvgIpc) is 2.81. The van der Waals surface area contributed by atoms with Crippen LogP contribution in [0.25, 0.3) is 0 Å². The number of carbonyl (C=O) groups excluding carboxylic acids is 1. The van der Waals surface area contributed by atoms with Crippen LogP contribution in [0.1, 0.15) is 17.0 Å². The van der Waals surface area contributed by atoms with Gasteiger partial charge >= 0.3 is 5.97 Å². The Morgan fingerprint density at radius 2 is 2.47 bits per heavy atom. The molecule has 17 heavy (non-hydrogen) atoms. The second-order valence-electron chi connectivity index (χ2n) is 3.66. The Hall–Kier alpha value is -1.96. The second kappa shape index (κ2) is 4.91. The number of hydrogen-bond donors (Lipinski definition) is 2. The molecule has 1 atom stereocenters. The van der Waals surface area contributed by atoms with Gasteiger partial charge in [0.25, 0.3) is 5.91 Å². The van der Waals surface area contributed by atoms with Gasteiger partial charge in [0.15, 0.2) is 0 Å². The Bertz CT molecular complexity index is 405. The van der Waals surface area contributed by atoms with Crippen LogP contribution in [-0.2, 0) is 9.53 Å². The van der Waals surface area contributed by atoms with E-state index in [1.54, 1.807) is 0 Å². The highest BCUT2D eigenvalue weighted by Gasteiger charge is 2.30. The Morgan fingerprint density at radius 1 is 1.65 bits per heavy atom. The van der Waals surface area contributed by atoms with E-state index in [2.05, 4.69) is 15.2 Å².